The van der Waals surface area contributed by atoms with Crippen LogP contribution in [0.15, 0.2) is 89.7 Å². The summed E-state index contributed by atoms with van der Waals surface area (Å²) in [5.41, 5.74) is 5.35. The summed E-state index contributed by atoms with van der Waals surface area (Å²) in [5, 5.41) is 3.01. The summed E-state index contributed by atoms with van der Waals surface area (Å²) in [6, 6.07) is 27.6. The van der Waals surface area contributed by atoms with Crippen LogP contribution >= 0.6 is 0 Å². The maximum absolute atomic E-state index is 14.4. The van der Waals surface area contributed by atoms with Crippen molar-refractivity contribution in [1.82, 2.24) is 9.88 Å². The molecule has 3 aromatic carbocycles. The van der Waals surface area contributed by atoms with Crippen molar-refractivity contribution in [3.8, 4) is 16.9 Å². The minimum Gasteiger partial charge on any atom is -0.497 e. The van der Waals surface area contributed by atoms with Crippen molar-refractivity contribution < 1.29 is 14.3 Å². The van der Waals surface area contributed by atoms with Crippen molar-refractivity contribution in [2.45, 2.75) is 59.2 Å². The van der Waals surface area contributed by atoms with Gasteiger partial charge in [-0.05, 0) is 81.0 Å². The lowest BCUT2D eigenvalue weighted by atomic mass is 9.92. The first kappa shape index (κ1) is 28.7. The fourth-order valence-corrected chi connectivity index (χ4v) is 5.04. The fraction of sp³-hybridized carbons (Fsp3) is 0.294. The van der Waals surface area contributed by atoms with Crippen LogP contribution in [0.2, 0.25) is 0 Å². The zero-order valence-corrected chi connectivity index (χ0v) is 24.2. The summed E-state index contributed by atoms with van der Waals surface area (Å²) < 4.78 is 12.8. The van der Waals surface area contributed by atoms with Gasteiger partial charge in [-0.2, -0.15) is 0 Å². The lowest BCUT2D eigenvalue weighted by Gasteiger charge is -2.29. The Morgan fingerprint density at radius 2 is 1.52 bits per heavy atom. The van der Waals surface area contributed by atoms with Crippen molar-refractivity contribution in [3.05, 3.63) is 123 Å². The van der Waals surface area contributed by atoms with E-state index in [-0.39, 0.29) is 5.56 Å². The Kier molecular flexibility index (Phi) is 8.78. The van der Waals surface area contributed by atoms with Crippen molar-refractivity contribution in [1.29, 1.82) is 0 Å². The van der Waals surface area contributed by atoms with Crippen molar-refractivity contribution >= 4 is 6.09 Å². The minimum atomic E-state index is -0.682. The maximum Gasteiger partial charge on any atom is 0.409 e. The van der Waals surface area contributed by atoms with E-state index in [2.05, 4.69) is 17.4 Å². The van der Waals surface area contributed by atoms with Crippen LogP contribution < -0.4 is 15.6 Å². The van der Waals surface area contributed by atoms with Crippen molar-refractivity contribution in [3.63, 3.8) is 0 Å². The summed E-state index contributed by atoms with van der Waals surface area (Å²) in [6.07, 6.45) is -0.205. The second kappa shape index (κ2) is 12.2. The van der Waals surface area contributed by atoms with Gasteiger partial charge < -0.3 is 14.8 Å². The first-order valence-corrected chi connectivity index (χ1v) is 13.5. The van der Waals surface area contributed by atoms with Crippen LogP contribution in [0.4, 0.5) is 4.79 Å². The van der Waals surface area contributed by atoms with Gasteiger partial charge in [0.05, 0.1) is 12.7 Å². The Balaban J connectivity index is 1.95. The summed E-state index contributed by atoms with van der Waals surface area (Å²) in [5.74, 6) is 0.667. The quantitative estimate of drug-likeness (QED) is 0.262. The number of pyridine rings is 1. The zero-order chi connectivity index (χ0) is 28.9. The number of carbonyl (C=O) groups is 1. The van der Waals surface area contributed by atoms with E-state index in [1.54, 1.807) is 11.7 Å². The van der Waals surface area contributed by atoms with Gasteiger partial charge in [0.15, 0.2) is 0 Å². The lowest BCUT2D eigenvalue weighted by molar-refractivity contribution is 0.0479. The predicted molar refractivity (Wildman–Crippen MR) is 160 cm³/mol. The van der Waals surface area contributed by atoms with Gasteiger partial charge in [0, 0.05) is 12.1 Å². The fourth-order valence-electron chi connectivity index (χ4n) is 5.04. The molecular weight excluding hydrogens is 500 g/mol. The molecule has 208 valence electrons. The number of benzene rings is 3. The van der Waals surface area contributed by atoms with Crippen molar-refractivity contribution in [2.75, 3.05) is 7.11 Å². The largest absolute Gasteiger partial charge is 0.497 e. The van der Waals surface area contributed by atoms with Crippen LogP contribution in [0, 0.1) is 13.8 Å². The molecule has 1 aromatic heterocycles. The third kappa shape index (κ3) is 6.81. The number of aromatic nitrogens is 1. The Bertz CT molecular complexity index is 1520. The van der Waals surface area contributed by atoms with Gasteiger partial charge in [-0.1, -0.05) is 72.8 Å². The van der Waals surface area contributed by atoms with Crippen LogP contribution in [-0.4, -0.2) is 23.4 Å². The standard InChI is InChI=1S/C34H38N2O4/c1-23-29(20-25-14-9-7-10-15-25)24(2)36(32(37)31(23)27-18-13-19-28(22-27)39-6)30(21-26-16-11-8-12-17-26)35-33(38)40-34(3,4)5/h7-19,22,30H,20-21H2,1-6H3,(H,35,38). The molecule has 0 fully saturated rings. The molecule has 0 bridgehead atoms. The highest BCUT2D eigenvalue weighted by Gasteiger charge is 2.26. The Morgan fingerprint density at radius 3 is 2.12 bits per heavy atom. The molecule has 4 aromatic rings. The Labute approximate surface area is 236 Å². The number of carbonyl (C=O) groups excluding carboxylic acids is 1. The minimum absolute atomic E-state index is 0.183. The Morgan fingerprint density at radius 1 is 0.900 bits per heavy atom. The highest BCUT2D eigenvalue weighted by molar-refractivity contribution is 5.70. The smallest absolute Gasteiger partial charge is 0.409 e. The monoisotopic (exact) mass is 538 g/mol. The SMILES string of the molecule is COc1cccc(-c2c(C)c(Cc3ccccc3)c(C)n(C(Cc3ccccc3)NC(=O)OC(C)(C)C)c2=O)c1. The molecule has 4 rings (SSSR count). The van der Waals surface area contributed by atoms with E-state index in [4.69, 9.17) is 9.47 Å². The predicted octanol–water partition coefficient (Wildman–Crippen LogP) is 7.00. The Hall–Kier alpha value is -4.32. The van der Waals surface area contributed by atoms with E-state index < -0.39 is 17.9 Å². The normalized spacial score (nSPS) is 12.1. The van der Waals surface area contributed by atoms with Gasteiger partial charge in [-0.25, -0.2) is 4.79 Å². The van der Waals surface area contributed by atoms with E-state index in [0.717, 1.165) is 33.5 Å². The molecule has 0 saturated carbocycles. The molecule has 0 aliphatic carbocycles. The molecule has 1 amide bonds. The number of alkyl carbamates (subject to hydrolysis) is 1. The van der Waals surface area contributed by atoms with Crippen LogP contribution in [0.5, 0.6) is 5.75 Å². The first-order valence-electron chi connectivity index (χ1n) is 13.5. The molecule has 1 N–H and O–H groups in total. The van der Waals surface area contributed by atoms with E-state index >= 15 is 0 Å². The first-order chi connectivity index (χ1) is 19.1. The average molecular weight is 539 g/mol. The zero-order valence-electron chi connectivity index (χ0n) is 24.2. The molecule has 0 saturated heterocycles. The van der Waals surface area contributed by atoms with Crippen molar-refractivity contribution in [2.24, 2.45) is 0 Å². The van der Waals surface area contributed by atoms with Gasteiger partial charge >= 0.3 is 6.09 Å². The van der Waals surface area contributed by atoms with E-state index in [9.17, 15) is 9.59 Å². The number of nitrogens with zero attached hydrogens (tertiary/aromatic N) is 1. The van der Waals surface area contributed by atoms with Crippen LogP contribution in [-0.2, 0) is 17.6 Å². The van der Waals surface area contributed by atoms with Crippen LogP contribution in [0.25, 0.3) is 11.1 Å². The molecule has 0 radical (unpaired) electrons. The van der Waals surface area contributed by atoms with E-state index in [1.165, 1.54) is 0 Å². The number of amides is 1. The summed E-state index contributed by atoms with van der Waals surface area (Å²) in [6.45, 7) is 9.42. The second-order valence-electron chi connectivity index (χ2n) is 11.0. The summed E-state index contributed by atoms with van der Waals surface area (Å²) in [7, 11) is 1.61. The summed E-state index contributed by atoms with van der Waals surface area (Å²) >= 11 is 0. The number of methoxy groups -OCH3 is 1. The number of hydrogen-bond acceptors (Lipinski definition) is 4. The highest BCUT2D eigenvalue weighted by atomic mass is 16.6. The molecular formula is C34H38N2O4. The molecule has 1 atom stereocenters. The highest BCUT2D eigenvalue weighted by Crippen LogP contribution is 2.30. The molecule has 0 spiro atoms. The van der Waals surface area contributed by atoms with Gasteiger partial charge in [0.2, 0.25) is 0 Å². The summed E-state index contributed by atoms with van der Waals surface area (Å²) in [4.78, 5) is 27.5. The van der Waals surface area contributed by atoms with Gasteiger partial charge in [-0.15, -0.1) is 0 Å². The topological polar surface area (TPSA) is 69.6 Å². The van der Waals surface area contributed by atoms with Crippen LogP contribution in [0.1, 0.15) is 54.9 Å². The molecule has 0 aliphatic heterocycles. The van der Waals surface area contributed by atoms with Gasteiger partial charge in [-0.3, -0.25) is 9.36 Å². The number of nitrogens with one attached hydrogen (secondary N) is 1. The molecule has 0 aliphatic rings. The van der Waals surface area contributed by atoms with Gasteiger partial charge in [0.25, 0.3) is 5.56 Å². The number of rotatable bonds is 8. The molecule has 1 unspecified atom stereocenters. The lowest BCUT2D eigenvalue weighted by Crippen LogP contribution is -2.43. The number of ether oxygens (including phenoxy) is 2. The van der Waals surface area contributed by atoms with E-state index in [0.29, 0.717) is 24.2 Å². The third-order valence-corrected chi connectivity index (χ3v) is 6.91. The van der Waals surface area contributed by atoms with Gasteiger partial charge in [0.1, 0.15) is 17.5 Å². The maximum atomic E-state index is 14.4. The number of hydrogen-bond donors (Lipinski definition) is 1. The molecule has 6 heteroatoms. The molecule has 6 nitrogen and oxygen atoms in total. The second-order valence-corrected chi connectivity index (χ2v) is 11.0. The molecule has 40 heavy (non-hydrogen) atoms. The average Bonchev–Trinajstić information content (AvgIpc) is 2.91. The third-order valence-electron chi connectivity index (χ3n) is 6.91. The van der Waals surface area contributed by atoms with E-state index in [1.807, 2.05) is 107 Å². The van der Waals surface area contributed by atoms with Crippen LogP contribution in [0.3, 0.4) is 0 Å². The molecule has 1 heterocycles.